The van der Waals surface area contributed by atoms with Crippen LogP contribution in [0, 0.1) is 0 Å². The lowest BCUT2D eigenvalue weighted by Gasteiger charge is -2.13. The first-order valence-electron chi connectivity index (χ1n) is 20.4. The van der Waals surface area contributed by atoms with Crippen LogP contribution in [0.2, 0.25) is 0 Å². The Kier molecular flexibility index (Phi) is 5.38. The third-order valence-electron chi connectivity index (χ3n) is 13.1. The molecule has 0 N–H and O–H groups in total. The first-order chi connectivity index (χ1) is 30.8. The van der Waals surface area contributed by atoms with E-state index in [9.17, 15) is 0 Å². The van der Waals surface area contributed by atoms with Gasteiger partial charge in [0.15, 0.2) is 5.58 Å². The van der Waals surface area contributed by atoms with Crippen LogP contribution in [0.15, 0.2) is 164 Å². The van der Waals surface area contributed by atoms with Gasteiger partial charge in [-0.3, -0.25) is 18.8 Å². The van der Waals surface area contributed by atoms with Crippen LogP contribution in [-0.4, -0.2) is 28.7 Å². The van der Waals surface area contributed by atoms with Crippen LogP contribution in [0.25, 0.3) is 154 Å². The van der Waals surface area contributed by atoms with Gasteiger partial charge in [0.1, 0.15) is 50.4 Å². The minimum atomic E-state index is 0.714. The fourth-order valence-corrected chi connectivity index (χ4v) is 10.7. The van der Waals surface area contributed by atoms with Crippen molar-refractivity contribution in [2.24, 2.45) is 0 Å². The van der Waals surface area contributed by atoms with E-state index in [1.165, 1.54) is 0 Å². The third kappa shape index (κ3) is 3.61. The monoisotopic (exact) mass is 796 g/mol. The van der Waals surface area contributed by atoms with Crippen molar-refractivity contribution in [3.63, 3.8) is 0 Å². The summed E-state index contributed by atoms with van der Waals surface area (Å²) in [7, 11) is 0. The normalized spacial score (nSPS) is 12.8. The number of rotatable bonds is 1. The van der Waals surface area contributed by atoms with Gasteiger partial charge in [-0.25, -0.2) is 9.97 Å². The molecule has 10 nitrogen and oxygen atoms in total. The summed E-state index contributed by atoms with van der Waals surface area (Å²) in [4.78, 5) is 19.7. The zero-order chi connectivity index (χ0) is 39.9. The summed E-state index contributed by atoms with van der Waals surface area (Å²) in [5, 5.41) is 12.7. The van der Waals surface area contributed by atoms with E-state index < -0.39 is 0 Å². The van der Waals surface area contributed by atoms with Gasteiger partial charge in [0.05, 0.1) is 43.5 Å². The highest BCUT2D eigenvalue weighted by Gasteiger charge is 2.27. The van der Waals surface area contributed by atoms with Gasteiger partial charge < -0.3 is 17.7 Å². The van der Waals surface area contributed by atoms with Crippen molar-refractivity contribution < 1.29 is 17.7 Å². The molecule has 10 heterocycles. The Bertz CT molecular complexity index is 4710. The number of nitrogens with zero attached hydrogens (tertiary/aromatic N) is 6. The summed E-state index contributed by atoms with van der Waals surface area (Å²) in [6, 6.07) is 35.1. The molecular weight excluding hydrogens is 773 g/mol. The molecule has 0 atom stereocenters. The molecule has 16 aromatic rings. The van der Waals surface area contributed by atoms with Gasteiger partial charge in [-0.2, -0.15) is 0 Å². The van der Waals surface area contributed by atoms with Gasteiger partial charge in [0.25, 0.3) is 0 Å². The molecule has 0 aliphatic carbocycles. The molecule has 0 amide bonds. The first-order valence-corrected chi connectivity index (χ1v) is 20.4. The van der Waals surface area contributed by atoms with Crippen molar-refractivity contribution >= 4 is 143 Å². The number of aromatic nitrogens is 6. The molecule has 16 rings (SSSR count). The Morgan fingerprint density at radius 2 is 1.08 bits per heavy atom. The lowest BCUT2D eigenvalue weighted by Crippen LogP contribution is -1.94. The summed E-state index contributed by atoms with van der Waals surface area (Å²) in [5.41, 5.74) is 12.5. The average molecular weight is 797 g/mol. The molecule has 286 valence electrons. The number of pyridine rings is 4. The quantitative estimate of drug-likeness (QED) is 0.151. The zero-order valence-electron chi connectivity index (χ0n) is 32.2. The predicted molar refractivity (Wildman–Crippen MR) is 244 cm³/mol. The van der Waals surface area contributed by atoms with E-state index in [2.05, 4.69) is 69.5 Å². The molecule has 0 saturated carbocycles. The Morgan fingerprint density at radius 3 is 1.97 bits per heavy atom. The molecule has 0 fully saturated rings. The predicted octanol–water partition coefficient (Wildman–Crippen LogP) is 13.6. The Balaban J connectivity index is 1.03. The topological polar surface area (TPSA) is 113 Å². The molecule has 0 aliphatic rings. The smallest absolute Gasteiger partial charge is 0.150 e. The van der Waals surface area contributed by atoms with Crippen LogP contribution in [0.5, 0.6) is 0 Å². The molecule has 0 radical (unpaired) electrons. The van der Waals surface area contributed by atoms with Crippen molar-refractivity contribution in [3.05, 3.63) is 147 Å². The highest BCUT2D eigenvalue weighted by Crippen LogP contribution is 2.49. The number of benzene rings is 6. The van der Waals surface area contributed by atoms with Crippen LogP contribution in [-0.2, 0) is 0 Å². The Morgan fingerprint density at radius 1 is 0.387 bits per heavy atom. The Hall–Kier alpha value is -8.76. The van der Waals surface area contributed by atoms with Gasteiger partial charge in [-0.15, -0.1) is 0 Å². The van der Waals surface area contributed by atoms with Gasteiger partial charge >= 0.3 is 0 Å². The molecular formula is C52H24N6O4. The third-order valence-corrected chi connectivity index (χ3v) is 13.1. The number of fused-ring (bicyclic) bond motifs is 29. The van der Waals surface area contributed by atoms with E-state index in [1.54, 1.807) is 0 Å². The summed E-state index contributed by atoms with van der Waals surface area (Å²) in [6.07, 6.45) is 13.5. The van der Waals surface area contributed by atoms with Crippen molar-refractivity contribution in [3.8, 4) is 11.1 Å². The van der Waals surface area contributed by atoms with Crippen molar-refractivity contribution in [2.75, 3.05) is 0 Å². The van der Waals surface area contributed by atoms with Crippen LogP contribution >= 0.6 is 0 Å². The summed E-state index contributed by atoms with van der Waals surface area (Å²) < 4.78 is 31.2. The van der Waals surface area contributed by atoms with E-state index in [4.69, 9.17) is 37.6 Å². The minimum absolute atomic E-state index is 0.714. The Labute approximate surface area is 345 Å². The first kappa shape index (κ1) is 31.2. The second kappa shape index (κ2) is 10.7. The molecule has 0 aliphatic heterocycles. The van der Waals surface area contributed by atoms with E-state index in [1.807, 2.05) is 85.8 Å². The summed E-state index contributed by atoms with van der Waals surface area (Å²) in [5.74, 6) is 0. The number of para-hydroxylation sites is 2. The van der Waals surface area contributed by atoms with Gasteiger partial charge in [0, 0.05) is 92.0 Å². The molecule has 0 bridgehead atoms. The van der Waals surface area contributed by atoms with Crippen LogP contribution in [0.1, 0.15) is 0 Å². The molecule has 0 spiro atoms. The fourth-order valence-electron chi connectivity index (χ4n) is 10.7. The number of imidazole rings is 2. The van der Waals surface area contributed by atoms with Gasteiger partial charge in [0.2, 0.25) is 0 Å². The summed E-state index contributed by atoms with van der Waals surface area (Å²) in [6.45, 7) is 0. The second-order valence-corrected chi connectivity index (χ2v) is 16.1. The second-order valence-electron chi connectivity index (χ2n) is 16.1. The molecule has 6 aromatic carbocycles. The van der Waals surface area contributed by atoms with Crippen molar-refractivity contribution in [1.29, 1.82) is 0 Å². The largest absolute Gasteiger partial charge is 0.456 e. The fraction of sp³-hybridized carbons (Fsp3) is 0. The maximum atomic E-state index is 6.93. The number of hydrogen-bond donors (Lipinski definition) is 0. The summed E-state index contributed by atoms with van der Waals surface area (Å²) >= 11 is 0. The van der Waals surface area contributed by atoms with Crippen molar-refractivity contribution in [1.82, 2.24) is 28.7 Å². The average Bonchev–Trinajstić information content (AvgIpc) is 4.18. The lowest BCUT2D eigenvalue weighted by atomic mass is 9.96. The number of furan rings is 4. The molecule has 62 heavy (non-hydrogen) atoms. The maximum absolute atomic E-state index is 6.93. The van der Waals surface area contributed by atoms with E-state index in [0.29, 0.717) is 5.58 Å². The van der Waals surface area contributed by atoms with Crippen molar-refractivity contribution in [2.45, 2.75) is 0 Å². The highest BCUT2D eigenvalue weighted by atomic mass is 16.4. The lowest BCUT2D eigenvalue weighted by molar-refractivity contribution is 0.662. The van der Waals surface area contributed by atoms with Crippen LogP contribution < -0.4 is 0 Å². The van der Waals surface area contributed by atoms with Gasteiger partial charge in [-0.05, 0) is 66.2 Å². The van der Waals surface area contributed by atoms with E-state index >= 15 is 0 Å². The molecule has 0 saturated heterocycles. The van der Waals surface area contributed by atoms with E-state index in [0.717, 1.165) is 148 Å². The maximum Gasteiger partial charge on any atom is 0.150 e. The standard InChI is InChI=1S/C52H24N6O4/c1-3-9-34-26(6-1)28-13-16-38-43(48(28)60-34)42-37(59-38)15-12-27-33-24-53-23-32(39(33)52-56-19-20-57(52)46(27)42)25-11-14-36-31(22-25)41-49-40(29-7-2-4-10-35(29)61-49)47-44(50(41)62-36)45-30(8-5-17-54-45)51-55-18-21-58(47)51/h1-24H. The molecule has 10 aromatic heterocycles. The minimum Gasteiger partial charge on any atom is -0.456 e. The van der Waals surface area contributed by atoms with Crippen LogP contribution in [0.4, 0.5) is 0 Å². The zero-order valence-corrected chi connectivity index (χ0v) is 32.2. The molecule has 10 heteroatoms. The van der Waals surface area contributed by atoms with Gasteiger partial charge in [-0.1, -0.05) is 42.5 Å². The SMILES string of the molecule is c1ccc2c(c1)oc1c2ccc2oc3ccc4c5cncc(-c6ccc7oc8c(c7c6)c6oc7ccccc7c6c6c8c7ncccc7c7nccn76)c5c5nccn5c4c3c21. The van der Waals surface area contributed by atoms with Crippen LogP contribution in [0.3, 0.4) is 0 Å². The molecule has 0 unspecified atom stereocenters. The van der Waals surface area contributed by atoms with E-state index in [-0.39, 0.29) is 0 Å². The number of hydrogen-bond acceptors (Lipinski definition) is 8. The highest BCUT2D eigenvalue weighted by molar-refractivity contribution is 6.37.